The van der Waals surface area contributed by atoms with Gasteiger partial charge in [0.2, 0.25) is 0 Å². The first-order valence-electron chi connectivity index (χ1n) is 5.65. The number of likely N-dealkylation sites (tertiary alicyclic amines) is 1. The van der Waals surface area contributed by atoms with Gasteiger partial charge in [-0.25, -0.2) is 0 Å². The average molecular weight is 198 g/mol. The average Bonchev–Trinajstić information content (AvgIpc) is 2.67. The van der Waals surface area contributed by atoms with Crippen LogP contribution in [0, 0.1) is 0 Å². The summed E-state index contributed by atoms with van der Waals surface area (Å²) in [5, 5.41) is 0. The summed E-state index contributed by atoms with van der Waals surface area (Å²) in [6.45, 7) is 7.17. The van der Waals surface area contributed by atoms with E-state index in [2.05, 4.69) is 9.80 Å². The van der Waals surface area contributed by atoms with E-state index >= 15 is 0 Å². The molecular weight excluding hydrogens is 176 g/mol. The molecule has 0 aromatic heterocycles. The zero-order valence-corrected chi connectivity index (χ0v) is 9.46. The number of ketones is 1. The van der Waals surface area contributed by atoms with Gasteiger partial charge >= 0.3 is 0 Å². The molecule has 14 heavy (non-hydrogen) atoms. The molecular formula is C11H22N2O. The predicted molar refractivity (Wildman–Crippen MR) is 58.5 cm³/mol. The van der Waals surface area contributed by atoms with Crippen molar-refractivity contribution in [1.82, 2.24) is 9.80 Å². The number of rotatable bonds is 6. The van der Waals surface area contributed by atoms with Gasteiger partial charge in [-0.2, -0.15) is 0 Å². The molecule has 1 aliphatic rings. The zero-order valence-electron chi connectivity index (χ0n) is 9.46. The summed E-state index contributed by atoms with van der Waals surface area (Å²) in [6.07, 6.45) is 3.35. The van der Waals surface area contributed by atoms with Crippen LogP contribution >= 0.6 is 0 Å². The highest BCUT2D eigenvalue weighted by atomic mass is 16.1. The lowest BCUT2D eigenvalue weighted by atomic mass is 10.3. The standard InChI is InChI=1S/C11H22N2O/c1-3-11(14)10-12(2)8-9-13-6-4-5-7-13/h3-10H2,1-2H3. The monoisotopic (exact) mass is 198 g/mol. The Bertz CT molecular complexity index is 176. The predicted octanol–water partition coefficient (Wildman–Crippen LogP) is 0.993. The number of hydrogen-bond donors (Lipinski definition) is 0. The third-order valence-electron chi connectivity index (χ3n) is 2.84. The summed E-state index contributed by atoms with van der Waals surface area (Å²) in [4.78, 5) is 15.8. The van der Waals surface area contributed by atoms with Gasteiger partial charge in [0.15, 0.2) is 0 Å². The highest BCUT2D eigenvalue weighted by Gasteiger charge is 2.12. The van der Waals surface area contributed by atoms with Crippen molar-refractivity contribution in [3.05, 3.63) is 0 Å². The summed E-state index contributed by atoms with van der Waals surface area (Å²) in [5.74, 6) is 0.342. The smallest absolute Gasteiger partial charge is 0.146 e. The van der Waals surface area contributed by atoms with E-state index < -0.39 is 0 Å². The third kappa shape index (κ3) is 4.20. The number of Topliss-reactive ketones (excluding diaryl/α,β-unsaturated/α-hetero) is 1. The van der Waals surface area contributed by atoms with E-state index in [-0.39, 0.29) is 0 Å². The quantitative estimate of drug-likeness (QED) is 0.636. The van der Waals surface area contributed by atoms with Gasteiger partial charge in [0.1, 0.15) is 5.78 Å². The molecule has 0 atom stereocenters. The minimum atomic E-state index is 0.342. The Kier molecular flexibility index (Phi) is 5.12. The highest BCUT2D eigenvalue weighted by molar-refractivity contribution is 5.80. The molecule has 0 bridgehead atoms. The number of carbonyl (C=O) groups excluding carboxylic acids is 1. The Labute approximate surface area is 87.1 Å². The largest absolute Gasteiger partial charge is 0.302 e. The molecule has 1 saturated heterocycles. The van der Waals surface area contributed by atoms with E-state index in [1.165, 1.54) is 25.9 Å². The Morgan fingerprint density at radius 1 is 1.36 bits per heavy atom. The normalized spacial score (nSPS) is 17.9. The summed E-state index contributed by atoms with van der Waals surface area (Å²) >= 11 is 0. The van der Waals surface area contributed by atoms with E-state index in [0.717, 1.165) is 13.1 Å². The van der Waals surface area contributed by atoms with Gasteiger partial charge in [-0.05, 0) is 33.0 Å². The van der Waals surface area contributed by atoms with Gasteiger partial charge in [0.05, 0.1) is 6.54 Å². The van der Waals surface area contributed by atoms with Crippen LogP contribution in [0.5, 0.6) is 0 Å². The molecule has 0 aromatic rings. The number of carbonyl (C=O) groups is 1. The molecule has 1 fully saturated rings. The van der Waals surface area contributed by atoms with Crippen molar-refractivity contribution in [2.75, 3.05) is 39.8 Å². The van der Waals surface area contributed by atoms with Crippen molar-refractivity contribution in [3.63, 3.8) is 0 Å². The molecule has 3 nitrogen and oxygen atoms in total. The van der Waals surface area contributed by atoms with Crippen LogP contribution in [-0.2, 0) is 4.79 Å². The van der Waals surface area contributed by atoms with Crippen LogP contribution in [0.3, 0.4) is 0 Å². The molecule has 3 heteroatoms. The minimum Gasteiger partial charge on any atom is -0.302 e. The molecule has 0 N–H and O–H groups in total. The van der Waals surface area contributed by atoms with Crippen LogP contribution in [0.2, 0.25) is 0 Å². The third-order valence-corrected chi connectivity index (χ3v) is 2.84. The van der Waals surface area contributed by atoms with Crippen molar-refractivity contribution in [2.24, 2.45) is 0 Å². The summed E-state index contributed by atoms with van der Waals surface area (Å²) in [5.41, 5.74) is 0. The van der Waals surface area contributed by atoms with E-state index in [1.807, 2.05) is 14.0 Å². The van der Waals surface area contributed by atoms with Crippen LogP contribution < -0.4 is 0 Å². The summed E-state index contributed by atoms with van der Waals surface area (Å²) in [6, 6.07) is 0. The van der Waals surface area contributed by atoms with Gasteiger partial charge in [0.25, 0.3) is 0 Å². The fourth-order valence-electron chi connectivity index (χ4n) is 1.81. The SMILES string of the molecule is CCC(=O)CN(C)CCN1CCCC1. The second kappa shape index (κ2) is 6.14. The maximum atomic E-state index is 11.2. The maximum absolute atomic E-state index is 11.2. The van der Waals surface area contributed by atoms with Crippen LogP contribution in [0.25, 0.3) is 0 Å². The number of nitrogens with zero attached hydrogens (tertiary/aromatic N) is 2. The second-order valence-electron chi connectivity index (χ2n) is 4.18. The van der Waals surface area contributed by atoms with Gasteiger partial charge in [-0.15, -0.1) is 0 Å². The van der Waals surface area contributed by atoms with Crippen molar-refractivity contribution in [1.29, 1.82) is 0 Å². The molecule has 1 aliphatic heterocycles. The Morgan fingerprint density at radius 2 is 2.00 bits per heavy atom. The van der Waals surface area contributed by atoms with Crippen LogP contribution in [0.15, 0.2) is 0 Å². The molecule has 0 amide bonds. The first-order valence-corrected chi connectivity index (χ1v) is 5.65. The first kappa shape index (κ1) is 11.7. The molecule has 0 unspecified atom stereocenters. The summed E-state index contributed by atoms with van der Waals surface area (Å²) in [7, 11) is 2.03. The number of likely N-dealkylation sites (N-methyl/N-ethyl adjacent to an activating group) is 1. The second-order valence-corrected chi connectivity index (χ2v) is 4.18. The van der Waals surface area contributed by atoms with Crippen molar-refractivity contribution < 1.29 is 4.79 Å². The van der Waals surface area contributed by atoms with E-state index in [1.54, 1.807) is 0 Å². The van der Waals surface area contributed by atoms with E-state index in [9.17, 15) is 4.79 Å². The zero-order chi connectivity index (χ0) is 10.4. The first-order chi connectivity index (χ1) is 6.72. The fourth-order valence-corrected chi connectivity index (χ4v) is 1.81. The molecule has 0 radical (unpaired) electrons. The number of hydrogen-bond acceptors (Lipinski definition) is 3. The molecule has 82 valence electrons. The molecule has 0 spiro atoms. The van der Waals surface area contributed by atoms with Crippen molar-refractivity contribution in [2.45, 2.75) is 26.2 Å². The van der Waals surface area contributed by atoms with E-state index in [0.29, 0.717) is 18.7 Å². The maximum Gasteiger partial charge on any atom is 0.146 e. The molecule has 0 aliphatic carbocycles. The van der Waals surface area contributed by atoms with Gasteiger partial charge < -0.3 is 4.90 Å². The van der Waals surface area contributed by atoms with Gasteiger partial charge in [-0.3, -0.25) is 9.69 Å². The van der Waals surface area contributed by atoms with Crippen LogP contribution in [0.1, 0.15) is 26.2 Å². The molecule has 0 aromatic carbocycles. The minimum absolute atomic E-state index is 0.342. The molecule has 1 rings (SSSR count). The fraction of sp³-hybridized carbons (Fsp3) is 0.909. The highest BCUT2D eigenvalue weighted by Crippen LogP contribution is 2.06. The Morgan fingerprint density at radius 3 is 2.57 bits per heavy atom. The lowest BCUT2D eigenvalue weighted by Gasteiger charge is -2.20. The van der Waals surface area contributed by atoms with Crippen molar-refractivity contribution in [3.8, 4) is 0 Å². The van der Waals surface area contributed by atoms with Gasteiger partial charge in [-0.1, -0.05) is 6.92 Å². The topological polar surface area (TPSA) is 23.6 Å². The molecule has 0 saturated carbocycles. The lowest BCUT2D eigenvalue weighted by molar-refractivity contribution is -0.119. The Hall–Kier alpha value is -0.410. The van der Waals surface area contributed by atoms with Crippen LogP contribution in [0.4, 0.5) is 0 Å². The molecule has 1 heterocycles. The van der Waals surface area contributed by atoms with E-state index in [4.69, 9.17) is 0 Å². The van der Waals surface area contributed by atoms with Crippen molar-refractivity contribution >= 4 is 5.78 Å². The summed E-state index contributed by atoms with van der Waals surface area (Å²) < 4.78 is 0. The van der Waals surface area contributed by atoms with Crippen LogP contribution in [-0.4, -0.2) is 55.4 Å². The Balaban J connectivity index is 2.07. The van der Waals surface area contributed by atoms with Gasteiger partial charge in [0, 0.05) is 19.5 Å². The lowest BCUT2D eigenvalue weighted by Crippen LogP contribution is -2.34.